The van der Waals surface area contributed by atoms with Gasteiger partial charge >= 0.3 is 0 Å². The summed E-state index contributed by atoms with van der Waals surface area (Å²) in [6, 6.07) is 9.94. The molecule has 1 amide bonds. The van der Waals surface area contributed by atoms with E-state index in [4.69, 9.17) is 0 Å². The van der Waals surface area contributed by atoms with E-state index in [0.29, 0.717) is 39.0 Å². The zero-order valence-corrected chi connectivity index (χ0v) is 13.9. The molecule has 0 unspecified atom stereocenters. The van der Waals surface area contributed by atoms with Crippen molar-refractivity contribution in [2.24, 2.45) is 0 Å². The largest absolute Gasteiger partial charge is 0.341 e. The molecular weight excluding hydrogens is 300 g/mol. The van der Waals surface area contributed by atoms with E-state index in [2.05, 4.69) is 0 Å². The van der Waals surface area contributed by atoms with Gasteiger partial charge in [-0.2, -0.15) is 0 Å². The number of nitrogens with zero attached hydrogens (tertiary/aromatic N) is 2. The van der Waals surface area contributed by atoms with Crippen LogP contribution >= 0.6 is 0 Å². The average molecular weight is 324 g/mol. The van der Waals surface area contributed by atoms with Crippen LogP contribution in [0.15, 0.2) is 30.3 Å². The zero-order valence-electron chi connectivity index (χ0n) is 13.1. The lowest BCUT2D eigenvalue weighted by molar-refractivity contribution is -0.131. The second-order valence-corrected chi connectivity index (χ2v) is 7.78. The van der Waals surface area contributed by atoms with Crippen molar-refractivity contribution in [3.63, 3.8) is 0 Å². The maximum atomic E-state index is 12.3. The Hall–Kier alpha value is -1.40. The molecule has 0 aliphatic carbocycles. The molecule has 1 saturated heterocycles. The van der Waals surface area contributed by atoms with Gasteiger partial charge in [0.2, 0.25) is 15.9 Å². The quantitative estimate of drug-likeness (QED) is 0.825. The monoisotopic (exact) mass is 324 g/mol. The summed E-state index contributed by atoms with van der Waals surface area (Å²) in [6.07, 6.45) is 1.91. The lowest BCUT2D eigenvalue weighted by Gasteiger charge is -2.21. The van der Waals surface area contributed by atoms with Crippen molar-refractivity contribution >= 4 is 15.9 Å². The maximum absolute atomic E-state index is 12.3. The highest BCUT2D eigenvalue weighted by molar-refractivity contribution is 7.89. The fourth-order valence-electron chi connectivity index (χ4n) is 2.66. The van der Waals surface area contributed by atoms with E-state index in [0.717, 1.165) is 12.0 Å². The molecule has 1 aliphatic heterocycles. The van der Waals surface area contributed by atoms with Crippen LogP contribution in [-0.2, 0) is 21.2 Å². The van der Waals surface area contributed by atoms with Crippen LogP contribution in [-0.4, -0.2) is 55.5 Å². The molecule has 0 saturated carbocycles. The Balaban J connectivity index is 1.87. The predicted molar refractivity (Wildman–Crippen MR) is 87.0 cm³/mol. The van der Waals surface area contributed by atoms with Gasteiger partial charge in [0.15, 0.2) is 0 Å². The van der Waals surface area contributed by atoms with Gasteiger partial charge in [-0.05, 0) is 25.3 Å². The van der Waals surface area contributed by atoms with Gasteiger partial charge in [-0.15, -0.1) is 0 Å². The Morgan fingerprint density at radius 2 is 1.82 bits per heavy atom. The van der Waals surface area contributed by atoms with E-state index in [9.17, 15) is 13.2 Å². The highest BCUT2D eigenvalue weighted by Crippen LogP contribution is 2.11. The van der Waals surface area contributed by atoms with Crippen molar-refractivity contribution in [3.05, 3.63) is 35.9 Å². The molecule has 0 radical (unpaired) electrons. The molecule has 1 heterocycles. The van der Waals surface area contributed by atoms with Gasteiger partial charge in [0, 0.05) is 32.6 Å². The Kier molecular flexibility index (Phi) is 5.97. The van der Waals surface area contributed by atoms with Crippen LogP contribution in [0.5, 0.6) is 0 Å². The van der Waals surface area contributed by atoms with Crippen LogP contribution in [0.2, 0.25) is 0 Å². The molecule has 22 heavy (non-hydrogen) atoms. The van der Waals surface area contributed by atoms with Gasteiger partial charge in [-0.3, -0.25) is 4.79 Å². The van der Waals surface area contributed by atoms with Crippen LogP contribution in [0.1, 0.15) is 25.3 Å². The minimum atomic E-state index is -3.15. The van der Waals surface area contributed by atoms with Gasteiger partial charge in [0.25, 0.3) is 0 Å². The van der Waals surface area contributed by atoms with E-state index < -0.39 is 10.0 Å². The molecule has 1 aromatic carbocycles. The van der Waals surface area contributed by atoms with Crippen molar-refractivity contribution in [1.82, 2.24) is 9.21 Å². The highest BCUT2D eigenvalue weighted by atomic mass is 32.2. The molecule has 6 heteroatoms. The molecule has 122 valence electrons. The minimum Gasteiger partial charge on any atom is -0.341 e. The first-order valence-electron chi connectivity index (χ1n) is 7.82. The van der Waals surface area contributed by atoms with E-state index in [1.807, 2.05) is 30.3 Å². The van der Waals surface area contributed by atoms with Crippen molar-refractivity contribution < 1.29 is 13.2 Å². The molecule has 0 atom stereocenters. The molecule has 1 fully saturated rings. The molecule has 1 aromatic rings. The smallest absolute Gasteiger partial charge is 0.222 e. The number of carbonyl (C=O) groups excluding carboxylic acids is 1. The summed E-state index contributed by atoms with van der Waals surface area (Å²) in [5, 5.41) is 0. The van der Waals surface area contributed by atoms with E-state index >= 15 is 0 Å². The fourth-order valence-corrected chi connectivity index (χ4v) is 3.79. The predicted octanol–water partition coefficient (Wildman–Crippen LogP) is 1.50. The van der Waals surface area contributed by atoms with Crippen molar-refractivity contribution in [3.8, 4) is 0 Å². The third-order valence-electron chi connectivity index (χ3n) is 4.04. The van der Waals surface area contributed by atoms with Gasteiger partial charge < -0.3 is 4.90 Å². The van der Waals surface area contributed by atoms with Crippen LogP contribution in [0.25, 0.3) is 0 Å². The summed E-state index contributed by atoms with van der Waals surface area (Å²) < 4.78 is 25.3. The molecule has 5 nitrogen and oxygen atoms in total. The molecule has 2 rings (SSSR count). The highest BCUT2D eigenvalue weighted by Gasteiger charge is 2.25. The van der Waals surface area contributed by atoms with E-state index in [1.165, 1.54) is 4.31 Å². The second kappa shape index (κ2) is 7.74. The Labute approximate surface area is 133 Å². The number of hydrogen-bond donors (Lipinski definition) is 0. The number of amides is 1. The minimum absolute atomic E-state index is 0.111. The van der Waals surface area contributed by atoms with Crippen molar-refractivity contribution in [2.75, 3.05) is 31.9 Å². The van der Waals surface area contributed by atoms with Crippen LogP contribution in [0.4, 0.5) is 0 Å². The number of hydrogen-bond acceptors (Lipinski definition) is 3. The fraction of sp³-hybridized carbons (Fsp3) is 0.562. The number of benzene rings is 1. The summed E-state index contributed by atoms with van der Waals surface area (Å²) in [6.45, 7) is 3.71. The molecule has 0 aromatic heterocycles. The van der Waals surface area contributed by atoms with Crippen LogP contribution in [0.3, 0.4) is 0 Å². The SMILES string of the molecule is CCS(=O)(=O)N1CCCN(C(=O)CCc2ccccc2)CC1. The first-order chi connectivity index (χ1) is 10.5. The van der Waals surface area contributed by atoms with Crippen molar-refractivity contribution in [1.29, 1.82) is 0 Å². The third kappa shape index (κ3) is 4.55. The van der Waals surface area contributed by atoms with Gasteiger partial charge in [0.1, 0.15) is 0 Å². The summed E-state index contributed by atoms with van der Waals surface area (Å²) in [4.78, 5) is 14.1. The molecule has 0 spiro atoms. The number of sulfonamides is 1. The molecular formula is C16H24N2O3S. The summed E-state index contributed by atoms with van der Waals surface area (Å²) in [7, 11) is -3.15. The normalized spacial score (nSPS) is 17.2. The second-order valence-electron chi connectivity index (χ2n) is 5.52. The summed E-state index contributed by atoms with van der Waals surface area (Å²) in [5.41, 5.74) is 1.15. The van der Waals surface area contributed by atoms with Gasteiger partial charge in [0.05, 0.1) is 5.75 Å². The molecule has 0 bridgehead atoms. The molecule has 1 aliphatic rings. The van der Waals surface area contributed by atoms with Crippen LogP contribution < -0.4 is 0 Å². The summed E-state index contributed by atoms with van der Waals surface area (Å²) >= 11 is 0. The lowest BCUT2D eigenvalue weighted by atomic mass is 10.1. The Morgan fingerprint density at radius 3 is 2.50 bits per heavy atom. The Morgan fingerprint density at radius 1 is 1.09 bits per heavy atom. The topological polar surface area (TPSA) is 57.7 Å². The van der Waals surface area contributed by atoms with Gasteiger partial charge in [-0.1, -0.05) is 30.3 Å². The summed E-state index contributed by atoms with van der Waals surface area (Å²) in [5.74, 6) is 0.231. The first-order valence-corrected chi connectivity index (χ1v) is 9.43. The van der Waals surface area contributed by atoms with E-state index in [1.54, 1.807) is 11.8 Å². The zero-order chi connectivity index (χ0) is 16.0. The maximum Gasteiger partial charge on any atom is 0.222 e. The van der Waals surface area contributed by atoms with Crippen molar-refractivity contribution in [2.45, 2.75) is 26.2 Å². The Bertz CT molecular complexity index is 587. The van der Waals surface area contributed by atoms with Gasteiger partial charge in [-0.25, -0.2) is 12.7 Å². The number of aryl methyl sites for hydroxylation is 1. The van der Waals surface area contributed by atoms with Crippen LogP contribution in [0, 0.1) is 0 Å². The lowest BCUT2D eigenvalue weighted by Crippen LogP contribution is -2.38. The number of carbonyl (C=O) groups is 1. The average Bonchev–Trinajstić information content (AvgIpc) is 2.80. The first kappa shape index (κ1) is 17.0. The molecule has 0 N–H and O–H groups in total. The standard InChI is InChI=1S/C16H24N2O3S/c1-2-22(20,21)18-12-6-11-17(13-14-18)16(19)10-9-15-7-4-3-5-8-15/h3-5,7-8H,2,6,9-14H2,1H3. The number of rotatable bonds is 5. The third-order valence-corrected chi connectivity index (χ3v) is 5.92. The van der Waals surface area contributed by atoms with E-state index in [-0.39, 0.29) is 11.7 Å².